The molecule has 0 aliphatic heterocycles. The van der Waals surface area contributed by atoms with Gasteiger partial charge in [-0.3, -0.25) is 0 Å². The summed E-state index contributed by atoms with van der Waals surface area (Å²) in [6.45, 7) is 0.823. The number of ether oxygens (including phenoxy) is 1. The van der Waals surface area contributed by atoms with Gasteiger partial charge in [0.1, 0.15) is 16.5 Å². The van der Waals surface area contributed by atoms with E-state index in [1.807, 2.05) is 43.3 Å². The summed E-state index contributed by atoms with van der Waals surface area (Å²) in [5.74, 6) is 1.07. The zero-order valence-corrected chi connectivity index (χ0v) is 24.8. The van der Waals surface area contributed by atoms with Crippen LogP contribution in [0.4, 0.5) is 24.9 Å². The van der Waals surface area contributed by atoms with E-state index >= 15 is 0 Å². The van der Waals surface area contributed by atoms with E-state index in [1.165, 1.54) is 6.07 Å². The molecule has 12 heteroatoms. The first-order valence-corrected chi connectivity index (χ1v) is 15.6. The summed E-state index contributed by atoms with van der Waals surface area (Å²) in [5, 5.41) is 4.35. The highest BCUT2D eigenvalue weighted by atomic mass is 32.2. The molecule has 8 nitrogen and oxygen atoms in total. The van der Waals surface area contributed by atoms with Crippen LogP contribution in [0.5, 0.6) is 5.75 Å². The largest absolute Gasteiger partial charge is 0.573 e. The van der Waals surface area contributed by atoms with Crippen molar-refractivity contribution in [2.24, 2.45) is 11.8 Å². The molecule has 2 N–H and O–H groups in total. The van der Waals surface area contributed by atoms with Gasteiger partial charge in [-0.1, -0.05) is 48.5 Å². The first-order valence-electron chi connectivity index (χ1n) is 14.1. The quantitative estimate of drug-likeness (QED) is 0.212. The highest BCUT2D eigenvalue weighted by Gasteiger charge is 2.34. The van der Waals surface area contributed by atoms with Crippen molar-refractivity contribution in [3.63, 3.8) is 0 Å². The van der Waals surface area contributed by atoms with Crippen LogP contribution in [0.3, 0.4) is 0 Å². The Labute approximate surface area is 249 Å². The molecule has 0 saturated heterocycles. The number of fused-ring (bicyclic) bond motifs is 1. The summed E-state index contributed by atoms with van der Waals surface area (Å²) < 4.78 is 72.5. The maximum atomic E-state index is 13.2. The maximum Gasteiger partial charge on any atom is 0.573 e. The Morgan fingerprint density at radius 1 is 0.860 bits per heavy atom. The van der Waals surface area contributed by atoms with Gasteiger partial charge in [-0.25, -0.2) is 18.1 Å². The Kier molecular flexibility index (Phi) is 9.07. The van der Waals surface area contributed by atoms with Crippen molar-refractivity contribution in [1.82, 2.24) is 14.7 Å². The van der Waals surface area contributed by atoms with E-state index in [0.29, 0.717) is 29.5 Å². The second-order valence-electron chi connectivity index (χ2n) is 11.0. The van der Waals surface area contributed by atoms with E-state index in [4.69, 9.17) is 0 Å². The number of hydrogen-bond acceptors (Lipinski definition) is 7. The summed E-state index contributed by atoms with van der Waals surface area (Å²) in [5.41, 5.74) is 1.92. The van der Waals surface area contributed by atoms with Crippen LogP contribution in [0, 0.1) is 11.8 Å². The lowest BCUT2D eigenvalue weighted by atomic mass is 9.82. The number of nitrogens with zero attached hydrogens (tertiary/aromatic N) is 3. The molecule has 1 fully saturated rings. The molecule has 3 aromatic carbocycles. The van der Waals surface area contributed by atoms with E-state index in [9.17, 15) is 21.6 Å². The van der Waals surface area contributed by atoms with Gasteiger partial charge in [0, 0.05) is 32.6 Å². The van der Waals surface area contributed by atoms with Crippen molar-refractivity contribution in [3.8, 4) is 16.9 Å². The van der Waals surface area contributed by atoms with E-state index in [1.54, 1.807) is 30.3 Å². The number of benzene rings is 3. The summed E-state index contributed by atoms with van der Waals surface area (Å²) in [7, 11) is -0.374. The summed E-state index contributed by atoms with van der Waals surface area (Å²) in [6, 6.07) is 20.3. The number of aromatic nitrogens is 2. The number of nitrogens with one attached hydrogen (secondary N) is 2. The Morgan fingerprint density at radius 2 is 1.51 bits per heavy atom. The molecule has 1 aliphatic rings. The zero-order valence-electron chi connectivity index (χ0n) is 23.9. The molecule has 0 spiro atoms. The third kappa shape index (κ3) is 7.74. The third-order valence-corrected chi connectivity index (χ3v) is 9.11. The van der Waals surface area contributed by atoms with Crippen molar-refractivity contribution in [3.05, 3.63) is 72.8 Å². The van der Waals surface area contributed by atoms with Crippen molar-refractivity contribution in [2.75, 3.05) is 37.4 Å². The molecule has 1 saturated carbocycles. The van der Waals surface area contributed by atoms with E-state index in [2.05, 4.69) is 24.7 Å². The summed E-state index contributed by atoms with van der Waals surface area (Å²) in [6.07, 6.45) is -1.72. The normalized spacial score (nSPS) is 17.5. The van der Waals surface area contributed by atoms with Crippen LogP contribution in [-0.2, 0) is 10.0 Å². The number of rotatable bonds is 10. The molecule has 4 aromatic rings. The molecule has 0 radical (unpaired) electrons. The molecule has 228 valence electrons. The fraction of sp³-hybridized carbons (Fsp3) is 0.355. The highest BCUT2D eigenvalue weighted by Crippen LogP contribution is 2.35. The minimum atomic E-state index is -5.04. The zero-order chi connectivity index (χ0) is 30.6. The molecule has 0 unspecified atom stereocenters. The molecule has 0 amide bonds. The first-order chi connectivity index (χ1) is 20.5. The van der Waals surface area contributed by atoms with Gasteiger partial charge >= 0.3 is 6.36 Å². The van der Waals surface area contributed by atoms with Crippen LogP contribution in [0.15, 0.2) is 77.7 Å². The molecule has 0 atom stereocenters. The molecule has 0 bridgehead atoms. The molecule has 5 rings (SSSR count). The maximum absolute atomic E-state index is 13.2. The van der Waals surface area contributed by atoms with Crippen molar-refractivity contribution < 1.29 is 26.3 Å². The third-order valence-electron chi connectivity index (χ3n) is 7.65. The number of hydrogen-bond donors (Lipinski definition) is 2. The Morgan fingerprint density at radius 3 is 2.19 bits per heavy atom. The van der Waals surface area contributed by atoms with E-state index < -0.39 is 27.0 Å². The number of para-hydroxylation sites is 1. The Hall–Kier alpha value is -3.90. The standard InChI is InChI=1S/C31H34F3N5O3S/c1-39(2)29-25-10-6-7-11-26(25)37-30(38-29)35-19-21-12-14-22(15-13-21)20-36-43(40,41)28-17-16-24(23-8-4-3-5-9-23)18-27(28)42-31(32,33)34/h3-11,16-18,21-22,36H,12-15,19-20H2,1-2H3,(H,35,37,38). The molecular weight excluding hydrogens is 579 g/mol. The van der Waals surface area contributed by atoms with Gasteiger partial charge in [0.05, 0.1) is 5.52 Å². The second-order valence-corrected chi connectivity index (χ2v) is 12.7. The average Bonchev–Trinajstić information content (AvgIpc) is 2.98. The monoisotopic (exact) mass is 613 g/mol. The van der Waals surface area contributed by atoms with Crippen LogP contribution in [0.25, 0.3) is 22.0 Å². The van der Waals surface area contributed by atoms with Crippen molar-refractivity contribution in [1.29, 1.82) is 0 Å². The van der Waals surface area contributed by atoms with E-state index in [0.717, 1.165) is 54.5 Å². The fourth-order valence-electron chi connectivity index (χ4n) is 5.41. The summed E-state index contributed by atoms with van der Waals surface area (Å²) in [4.78, 5) is 10.7. The van der Waals surface area contributed by atoms with Crippen LogP contribution in [0.2, 0.25) is 0 Å². The Balaban J connectivity index is 1.18. The van der Waals surface area contributed by atoms with Gasteiger partial charge in [-0.05, 0) is 72.9 Å². The minimum absolute atomic E-state index is 0.0684. The van der Waals surface area contributed by atoms with Crippen LogP contribution in [-0.4, -0.2) is 51.9 Å². The molecular formula is C31H34F3N5O3S. The SMILES string of the molecule is CN(C)c1nc(NCC2CCC(CNS(=O)(=O)c3ccc(-c4ccccc4)cc3OC(F)(F)F)CC2)nc2ccccc12. The van der Waals surface area contributed by atoms with Crippen LogP contribution in [0.1, 0.15) is 25.7 Å². The number of halogens is 3. The first kappa shape index (κ1) is 30.6. The molecule has 43 heavy (non-hydrogen) atoms. The fourth-order valence-corrected chi connectivity index (χ4v) is 6.63. The van der Waals surface area contributed by atoms with Gasteiger partial charge in [0.25, 0.3) is 0 Å². The number of alkyl halides is 3. The molecule has 1 aromatic heterocycles. The second kappa shape index (κ2) is 12.8. The average molecular weight is 614 g/mol. The molecule has 1 heterocycles. The lowest BCUT2D eigenvalue weighted by Crippen LogP contribution is -2.33. The summed E-state index contributed by atoms with van der Waals surface area (Å²) >= 11 is 0. The van der Waals surface area contributed by atoms with Crippen LogP contribution >= 0.6 is 0 Å². The predicted molar refractivity (Wildman–Crippen MR) is 162 cm³/mol. The van der Waals surface area contributed by atoms with Gasteiger partial charge in [-0.15, -0.1) is 13.2 Å². The lowest BCUT2D eigenvalue weighted by Gasteiger charge is -2.29. The van der Waals surface area contributed by atoms with Crippen molar-refractivity contribution >= 4 is 32.7 Å². The Bertz CT molecular complexity index is 1660. The topological polar surface area (TPSA) is 96.5 Å². The van der Waals surface area contributed by atoms with Crippen LogP contribution < -0.4 is 19.7 Å². The lowest BCUT2D eigenvalue weighted by molar-refractivity contribution is -0.275. The van der Waals surface area contributed by atoms with E-state index in [-0.39, 0.29) is 12.5 Å². The molecule has 1 aliphatic carbocycles. The smallest absolute Gasteiger partial charge is 0.404 e. The highest BCUT2D eigenvalue weighted by molar-refractivity contribution is 7.89. The van der Waals surface area contributed by atoms with Gasteiger partial charge < -0.3 is 15.0 Å². The van der Waals surface area contributed by atoms with Gasteiger partial charge in [0.2, 0.25) is 16.0 Å². The minimum Gasteiger partial charge on any atom is -0.404 e. The number of anilines is 2. The predicted octanol–water partition coefficient (Wildman–Crippen LogP) is 6.46. The van der Waals surface area contributed by atoms with Crippen molar-refractivity contribution in [2.45, 2.75) is 36.9 Å². The number of sulfonamides is 1. The van der Waals surface area contributed by atoms with Gasteiger partial charge in [-0.2, -0.15) is 4.98 Å². The van der Waals surface area contributed by atoms with Gasteiger partial charge in [0.15, 0.2) is 0 Å².